The molecule has 1 N–H and O–H groups in total. The fourth-order valence-electron chi connectivity index (χ4n) is 2.09. The first-order valence-electron chi connectivity index (χ1n) is 7.20. The molecular formula is C16H24N2O3. The van der Waals surface area contributed by atoms with Gasteiger partial charge in [-0.1, -0.05) is 37.3 Å². The number of ether oxygens (including phenoxy) is 1. The van der Waals surface area contributed by atoms with E-state index < -0.39 is 0 Å². The highest BCUT2D eigenvalue weighted by Gasteiger charge is 2.16. The van der Waals surface area contributed by atoms with Gasteiger partial charge in [-0.2, -0.15) is 0 Å². The summed E-state index contributed by atoms with van der Waals surface area (Å²) in [6, 6.07) is 9.72. The minimum Gasteiger partial charge on any atom is -0.468 e. The number of hydrogen-bond donors (Lipinski definition) is 1. The molecule has 1 unspecified atom stereocenters. The molecule has 0 aliphatic carbocycles. The summed E-state index contributed by atoms with van der Waals surface area (Å²) in [4.78, 5) is 25.2. The Kier molecular flexibility index (Phi) is 7.46. The van der Waals surface area contributed by atoms with Gasteiger partial charge in [-0.3, -0.25) is 14.5 Å². The average Bonchev–Trinajstić information content (AvgIpc) is 2.48. The van der Waals surface area contributed by atoms with E-state index in [2.05, 4.69) is 10.1 Å². The molecule has 1 amide bonds. The number of carbonyl (C=O) groups is 2. The highest BCUT2D eigenvalue weighted by atomic mass is 16.5. The second kappa shape index (κ2) is 9.13. The van der Waals surface area contributed by atoms with Gasteiger partial charge < -0.3 is 10.1 Å². The quantitative estimate of drug-likeness (QED) is 0.742. The SMILES string of the molecule is CCCN(CC(=O)NC(C)c1ccccc1)CC(=O)OC. The number of amides is 1. The largest absolute Gasteiger partial charge is 0.468 e. The number of carbonyl (C=O) groups excluding carboxylic acids is 2. The summed E-state index contributed by atoms with van der Waals surface area (Å²) in [6.45, 7) is 4.96. The van der Waals surface area contributed by atoms with Gasteiger partial charge in [0, 0.05) is 0 Å². The maximum atomic E-state index is 12.1. The molecule has 0 fully saturated rings. The van der Waals surface area contributed by atoms with E-state index in [4.69, 9.17) is 0 Å². The predicted molar refractivity (Wildman–Crippen MR) is 81.7 cm³/mol. The summed E-state index contributed by atoms with van der Waals surface area (Å²) in [6.07, 6.45) is 0.874. The van der Waals surface area contributed by atoms with Crippen molar-refractivity contribution in [1.29, 1.82) is 0 Å². The second-order valence-electron chi connectivity index (χ2n) is 4.99. The van der Waals surface area contributed by atoms with Gasteiger partial charge >= 0.3 is 5.97 Å². The van der Waals surface area contributed by atoms with Gasteiger partial charge in [0.05, 0.1) is 26.2 Å². The molecule has 0 spiro atoms. The van der Waals surface area contributed by atoms with E-state index >= 15 is 0 Å². The Balaban J connectivity index is 2.51. The molecule has 116 valence electrons. The molecule has 0 saturated heterocycles. The molecule has 0 heterocycles. The number of esters is 1. The Labute approximate surface area is 126 Å². The van der Waals surface area contributed by atoms with E-state index in [-0.39, 0.29) is 31.0 Å². The van der Waals surface area contributed by atoms with Gasteiger partial charge in [0.2, 0.25) is 5.91 Å². The van der Waals surface area contributed by atoms with Crippen LogP contribution in [-0.4, -0.2) is 43.5 Å². The zero-order valence-corrected chi connectivity index (χ0v) is 13.0. The molecular weight excluding hydrogens is 268 g/mol. The summed E-state index contributed by atoms with van der Waals surface area (Å²) < 4.78 is 4.65. The van der Waals surface area contributed by atoms with Crippen LogP contribution >= 0.6 is 0 Å². The van der Waals surface area contributed by atoms with Crippen LogP contribution in [-0.2, 0) is 14.3 Å². The van der Waals surface area contributed by atoms with Crippen molar-refractivity contribution >= 4 is 11.9 Å². The maximum Gasteiger partial charge on any atom is 0.319 e. The fourth-order valence-corrected chi connectivity index (χ4v) is 2.09. The van der Waals surface area contributed by atoms with Gasteiger partial charge in [-0.05, 0) is 25.5 Å². The van der Waals surface area contributed by atoms with Crippen molar-refractivity contribution in [2.75, 3.05) is 26.7 Å². The third kappa shape index (κ3) is 6.40. The highest BCUT2D eigenvalue weighted by molar-refractivity contribution is 5.79. The predicted octanol–water partition coefficient (Wildman–Crippen LogP) is 1.75. The van der Waals surface area contributed by atoms with Crippen molar-refractivity contribution in [2.24, 2.45) is 0 Å². The maximum absolute atomic E-state index is 12.1. The van der Waals surface area contributed by atoms with E-state index in [1.54, 1.807) is 4.90 Å². The lowest BCUT2D eigenvalue weighted by molar-refractivity contribution is -0.142. The Morgan fingerprint density at radius 1 is 1.24 bits per heavy atom. The summed E-state index contributed by atoms with van der Waals surface area (Å²) >= 11 is 0. The summed E-state index contributed by atoms with van der Waals surface area (Å²) in [5.74, 6) is -0.420. The van der Waals surface area contributed by atoms with Crippen LogP contribution in [0.3, 0.4) is 0 Å². The second-order valence-corrected chi connectivity index (χ2v) is 4.99. The minimum absolute atomic E-state index is 0.0553. The van der Waals surface area contributed by atoms with Crippen LogP contribution in [0.1, 0.15) is 31.9 Å². The number of nitrogens with one attached hydrogen (secondary N) is 1. The lowest BCUT2D eigenvalue weighted by atomic mass is 10.1. The van der Waals surface area contributed by atoms with Gasteiger partial charge in [-0.15, -0.1) is 0 Å². The third-order valence-corrected chi connectivity index (χ3v) is 3.16. The molecule has 1 rings (SSSR count). The Hall–Kier alpha value is -1.88. The first kappa shape index (κ1) is 17.2. The van der Waals surface area contributed by atoms with Crippen LogP contribution in [0.25, 0.3) is 0 Å². The van der Waals surface area contributed by atoms with E-state index in [1.165, 1.54) is 7.11 Å². The van der Waals surface area contributed by atoms with Crippen molar-refractivity contribution in [3.63, 3.8) is 0 Å². The first-order valence-corrected chi connectivity index (χ1v) is 7.20. The van der Waals surface area contributed by atoms with E-state index in [0.29, 0.717) is 6.54 Å². The minimum atomic E-state index is -0.327. The molecule has 0 aliphatic rings. The third-order valence-electron chi connectivity index (χ3n) is 3.16. The highest BCUT2D eigenvalue weighted by Crippen LogP contribution is 2.10. The Morgan fingerprint density at radius 2 is 1.90 bits per heavy atom. The first-order chi connectivity index (χ1) is 10.1. The van der Waals surface area contributed by atoms with Gasteiger partial charge in [0.25, 0.3) is 0 Å². The van der Waals surface area contributed by atoms with Gasteiger partial charge in [0.1, 0.15) is 0 Å². The molecule has 0 aromatic heterocycles. The molecule has 21 heavy (non-hydrogen) atoms. The van der Waals surface area contributed by atoms with Gasteiger partial charge in [-0.25, -0.2) is 0 Å². The number of rotatable bonds is 8. The Bertz CT molecular complexity index is 448. The summed E-state index contributed by atoms with van der Waals surface area (Å²) in [5, 5.41) is 2.94. The molecule has 1 aromatic rings. The van der Waals surface area contributed by atoms with Crippen molar-refractivity contribution < 1.29 is 14.3 Å². The summed E-state index contributed by atoms with van der Waals surface area (Å²) in [7, 11) is 1.35. The molecule has 0 aliphatic heterocycles. The molecule has 5 heteroatoms. The van der Waals surface area contributed by atoms with Crippen LogP contribution in [0, 0.1) is 0 Å². The van der Waals surface area contributed by atoms with Crippen LogP contribution in [0.2, 0.25) is 0 Å². The number of nitrogens with zero attached hydrogens (tertiary/aromatic N) is 1. The molecule has 5 nitrogen and oxygen atoms in total. The van der Waals surface area contributed by atoms with E-state index in [0.717, 1.165) is 12.0 Å². The molecule has 1 aromatic carbocycles. The zero-order valence-electron chi connectivity index (χ0n) is 13.0. The van der Waals surface area contributed by atoms with Crippen molar-refractivity contribution in [3.05, 3.63) is 35.9 Å². The average molecular weight is 292 g/mol. The van der Waals surface area contributed by atoms with Crippen LogP contribution in [0.4, 0.5) is 0 Å². The normalized spacial score (nSPS) is 12.0. The number of hydrogen-bond acceptors (Lipinski definition) is 4. The lowest BCUT2D eigenvalue weighted by Gasteiger charge is -2.21. The Morgan fingerprint density at radius 3 is 2.48 bits per heavy atom. The molecule has 0 radical (unpaired) electrons. The van der Waals surface area contributed by atoms with E-state index in [9.17, 15) is 9.59 Å². The van der Waals surface area contributed by atoms with Crippen molar-refractivity contribution in [3.8, 4) is 0 Å². The topological polar surface area (TPSA) is 58.6 Å². The van der Waals surface area contributed by atoms with Crippen molar-refractivity contribution in [1.82, 2.24) is 10.2 Å². The smallest absolute Gasteiger partial charge is 0.319 e. The van der Waals surface area contributed by atoms with Crippen LogP contribution in [0.5, 0.6) is 0 Å². The van der Waals surface area contributed by atoms with Crippen LogP contribution < -0.4 is 5.32 Å². The van der Waals surface area contributed by atoms with Gasteiger partial charge in [0.15, 0.2) is 0 Å². The number of methoxy groups -OCH3 is 1. The summed E-state index contributed by atoms with van der Waals surface area (Å²) in [5.41, 5.74) is 1.06. The molecule has 0 bridgehead atoms. The number of benzene rings is 1. The van der Waals surface area contributed by atoms with Crippen molar-refractivity contribution in [2.45, 2.75) is 26.3 Å². The molecule has 0 saturated carbocycles. The molecule has 1 atom stereocenters. The fraction of sp³-hybridized carbons (Fsp3) is 0.500. The standard InChI is InChI=1S/C16H24N2O3/c1-4-10-18(12-16(20)21-3)11-15(19)17-13(2)14-8-6-5-7-9-14/h5-9,13H,4,10-12H2,1-3H3,(H,17,19). The lowest BCUT2D eigenvalue weighted by Crippen LogP contribution is -2.41. The van der Waals surface area contributed by atoms with E-state index in [1.807, 2.05) is 44.2 Å². The monoisotopic (exact) mass is 292 g/mol. The van der Waals surface area contributed by atoms with Crippen LogP contribution in [0.15, 0.2) is 30.3 Å². The zero-order chi connectivity index (χ0) is 15.7.